The number of carbonyl (C=O) groups is 3. The van der Waals surface area contributed by atoms with E-state index in [1.54, 1.807) is 55.7 Å². The van der Waals surface area contributed by atoms with Crippen LogP contribution >= 0.6 is 11.3 Å². The first kappa shape index (κ1) is 32.4. The SMILES string of the molecule is CCON(C)c1ncccc1C(=O)Nc1ccc(C(=O)N2CCc3cc(C(=O)Nc4c(F)cccc4F)sc3-c3ccc(F)cc32)cc1. The van der Waals surface area contributed by atoms with Gasteiger partial charge in [-0.05, 0) is 91.7 Å². The number of para-hydroxylation sites is 1. The van der Waals surface area contributed by atoms with Gasteiger partial charge in [0.05, 0.1) is 22.7 Å². The van der Waals surface area contributed by atoms with Crippen molar-refractivity contribution in [2.24, 2.45) is 0 Å². The minimum absolute atomic E-state index is 0.164. The van der Waals surface area contributed by atoms with Crippen LogP contribution in [-0.4, -0.2) is 42.9 Å². The molecule has 6 rings (SSSR count). The summed E-state index contributed by atoms with van der Waals surface area (Å²) in [6.07, 6.45) is 1.88. The van der Waals surface area contributed by atoms with E-state index in [2.05, 4.69) is 15.6 Å². The Bertz CT molecular complexity index is 2020. The number of benzene rings is 3. The van der Waals surface area contributed by atoms with E-state index < -0.39 is 40.9 Å². The number of hydroxylamine groups is 1. The summed E-state index contributed by atoms with van der Waals surface area (Å²) >= 11 is 1.08. The zero-order valence-electron chi connectivity index (χ0n) is 25.7. The van der Waals surface area contributed by atoms with Crippen LogP contribution in [-0.2, 0) is 11.3 Å². The Morgan fingerprint density at radius 1 is 0.938 bits per heavy atom. The molecule has 9 nitrogen and oxygen atoms in total. The number of aromatic nitrogens is 1. The third-order valence-electron chi connectivity index (χ3n) is 7.62. The number of halogens is 3. The van der Waals surface area contributed by atoms with Crippen molar-refractivity contribution in [1.82, 2.24) is 4.98 Å². The lowest BCUT2D eigenvalue weighted by molar-refractivity contribution is 0.0985. The molecule has 2 N–H and O–H groups in total. The average Bonchev–Trinajstić information content (AvgIpc) is 3.45. The second-order valence-corrected chi connectivity index (χ2v) is 11.8. The van der Waals surface area contributed by atoms with Crippen LogP contribution in [0.4, 0.5) is 36.1 Å². The number of hydrogen-bond acceptors (Lipinski definition) is 7. The fourth-order valence-corrected chi connectivity index (χ4v) is 6.50. The molecule has 0 radical (unpaired) electrons. The van der Waals surface area contributed by atoms with Crippen molar-refractivity contribution >= 4 is 51.9 Å². The highest BCUT2D eigenvalue weighted by Crippen LogP contribution is 2.42. The standard InChI is InChI=1S/C35H28F3N5O4S/c1-3-47-42(2)32-25(6-5-16-39-32)33(44)40-23-12-9-20(10-13-23)35(46)43-17-15-21-18-29(34(45)41-30-26(37)7-4-8-27(30)38)48-31(21)24-14-11-22(36)19-28(24)43/h4-14,16,18-19H,3,15,17H2,1-2H3,(H,40,44)(H,41,45). The summed E-state index contributed by atoms with van der Waals surface area (Å²) in [5.41, 5.74) is 2.06. The van der Waals surface area contributed by atoms with Gasteiger partial charge < -0.3 is 15.5 Å². The van der Waals surface area contributed by atoms with Crippen molar-refractivity contribution in [2.45, 2.75) is 13.3 Å². The van der Waals surface area contributed by atoms with Crippen molar-refractivity contribution in [2.75, 3.05) is 40.8 Å². The van der Waals surface area contributed by atoms with Gasteiger partial charge >= 0.3 is 0 Å². The normalized spacial score (nSPS) is 12.1. The molecule has 5 aromatic rings. The number of hydrogen-bond donors (Lipinski definition) is 2. The minimum Gasteiger partial charge on any atom is -0.322 e. The molecule has 0 bridgehead atoms. The Morgan fingerprint density at radius 2 is 1.69 bits per heavy atom. The van der Waals surface area contributed by atoms with Gasteiger partial charge in [0.25, 0.3) is 17.7 Å². The van der Waals surface area contributed by atoms with E-state index in [4.69, 9.17) is 4.84 Å². The lowest BCUT2D eigenvalue weighted by atomic mass is 10.1. The van der Waals surface area contributed by atoms with E-state index in [1.807, 2.05) is 6.92 Å². The van der Waals surface area contributed by atoms with Crippen LogP contribution in [0.1, 0.15) is 42.9 Å². The van der Waals surface area contributed by atoms with Gasteiger partial charge in [-0.15, -0.1) is 11.3 Å². The van der Waals surface area contributed by atoms with E-state index >= 15 is 0 Å². The maximum absolute atomic E-state index is 14.6. The molecular formula is C35H28F3N5O4S. The maximum atomic E-state index is 14.6. The van der Waals surface area contributed by atoms with Crippen LogP contribution in [0.5, 0.6) is 0 Å². The van der Waals surface area contributed by atoms with Crippen LogP contribution in [0.15, 0.2) is 85.1 Å². The second kappa shape index (κ2) is 13.7. The van der Waals surface area contributed by atoms with Crippen LogP contribution in [0, 0.1) is 17.5 Å². The van der Waals surface area contributed by atoms with Gasteiger partial charge in [0, 0.05) is 41.5 Å². The number of pyridine rings is 1. The largest absolute Gasteiger partial charge is 0.322 e. The zero-order valence-corrected chi connectivity index (χ0v) is 26.5. The van der Waals surface area contributed by atoms with Gasteiger partial charge in [-0.1, -0.05) is 6.07 Å². The van der Waals surface area contributed by atoms with E-state index in [9.17, 15) is 27.6 Å². The number of fused-ring (bicyclic) bond motifs is 3. The average molecular weight is 672 g/mol. The van der Waals surface area contributed by atoms with Crippen LogP contribution < -0.4 is 20.6 Å². The molecule has 1 aliphatic heterocycles. The minimum atomic E-state index is -0.903. The summed E-state index contributed by atoms with van der Waals surface area (Å²) < 4.78 is 42.9. The van der Waals surface area contributed by atoms with Crippen LogP contribution in [0.3, 0.4) is 0 Å². The smallest absolute Gasteiger partial charge is 0.265 e. The number of nitrogens with one attached hydrogen (secondary N) is 2. The zero-order chi connectivity index (χ0) is 33.9. The van der Waals surface area contributed by atoms with Gasteiger partial charge in [-0.2, -0.15) is 0 Å². The Hall–Kier alpha value is -5.53. The highest BCUT2D eigenvalue weighted by Gasteiger charge is 2.29. The molecule has 3 amide bonds. The molecule has 0 fully saturated rings. The topological polar surface area (TPSA) is 104 Å². The predicted molar refractivity (Wildman–Crippen MR) is 178 cm³/mol. The molecule has 244 valence electrons. The molecule has 0 saturated heterocycles. The lowest BCUT2D eigenvalue weighted by Crippen LogP contribution is -2.32. The Labute approximate surface area is 277 Å². The molecule has 3 aromatic carbocycles. The molecule has 3 heterocycles. The van der Waals surface area contributed by atoms with Gasteiger partial charge in [0.15, 0.2) is 5.82 Å². The number of anilines is 4. The summed E-state index contributed by atoms with van der Waals surface area (Å²) in [7, 11) is 1.65. The molecule has 0 aliphatic carbocycles. The monoisotopic (exact) mass is 671 g/mol. The quantitative estimate of drug-likeness (QED) is 0.168. The molecule has 0 atom stereocenters. The van der Waals surface area contributed by atoms with E-state index in [0.29, 0.717) is 51.8 Å². The van der Waals surface area contributed by atoms with Gasteiger partial charge in [0.1, 0.15) is 23.1 Å². The highest BCUT2D eigenvalue weighted by atomic mass is 32.1. The molecule has 13 heteroatoms. The first-order chi connectivity index (χ1) is 23.1. The van der Waals surface area contributed by atoms with Crippen molar-refractivity contribution in [3.05, 3.63) is 124 Å². The van der Waals surface area contributed by atoms with Crippen LogP contribution in [0.2, 0.25) is 0 Å². The summed E-state index contributed by atoms with van der Waals surface area (Å²) in [6.45, 7) is 2.38. The fourth-order valence-electron chi connectivity index (χ4n) is 5.36. The summed E-state index contributed by atoms with van der Waals surface area (Å²) in [5.74, 6) is -3.52. The lowest BCUT2D eigenvalue weighted by Gasteiger charge is -2.23. The molecule has 1 aliphatic rings. The third-order valence-corrected chi connectivity index (χ3v) is 8.83. The first-order valence-corrected chi connectivity index (χ1v) is 15.7. The predicted octanol–water partition coefficient (Wildman–Crippen LogP) is 7.32. The first-order valence-electron chi connectivity index (χ1n) is 14.9. The molecule has 48 heavy (non-hydrogen) atoms. The molecular weight excluding hydrogens is 643 g/mol. The molecule has 0 unspecified atom stereocenters. The van der Waals surface area contributed by atoms with E-state index in [-0.39, 0.29) is 11.4 Å². The third kappa shape index (κ3) is 6.50. The van der Waals surface area contributed by atoms with E-state index in [1.165, 1.54) is 34.2 Å². The van der Waals surface area contributed by atoms with Crippen molar-refractivity contribution in [3.63, 3.8) is 0 Å². The highest BCUT2D eigenvalue weighted by molar-refractivity contribution is 7.17. The molecule has 2 aromatic heterocycles. The molecule has 0 saturated carbocycles. The number of thiophene rings is 1. The van der Waals surface area contributed by atoms with Gasteiger partial charge in [0.2, 0.25) is 0 Å². The number of amides is 3. The van der Waals surface area contributed by atoms with Crippen LogP contribution in [0.25, 0.3) is 10.4 Å². The summed E-state index contributed by atoms with van der Waals surface area (Å²) in [5, 5.41) is 6.53. The fraction of sp³-hybridized carbons (Fsp3) is 0.143. The number of rotatable bonds is 8. The number of nitrogens with zero attached hydrogens (tertiary/aromatic N) is 3. The van der Waals surface area contributed by atoms with Gasteiger partial charge in [-0.25, -0.2) is 23.2 Å². The van der Waals surface area contributed by atoms with Crippen molar-refractivity contribution in [3.8, 4) is 10.4 Å². The Balaban J connectivity index is 1.22. The van der Waals surface area contributed by atoms with Gasteiger partial charge in [-0.3, -0.25) is 19.2 Å². The second-order valence-electron chi connectivity index (χ2n) is 10.7. The molecule has 0 spiro atoms. The van der Waals surface area contributed by atoms with E-state index in [0.717, 1.165) is 29.0 Å². The Kier molecular flexibility index (Phi) is 9.24. The summed E-state index contributed by atoms with van der Waals surface area (Å²) in [4.78, 5) is 51.9. The van der Waals surface area contributed by atoms with Crippen molar-refractivity contribution < 1.29 is 32.4 Å². The number of carbonyl (C=O) groups excluding carboxylic acids is 3. The Morgan fingerprint density at radius 3 is 2.42 bits per heavy atom. The summed E-state index contributed by atoms with van der Waals surface area (Å²) in [6, 6.07) is 18.6. The maximum Gasteiger partial charge on any atom is 0.265 e. The van der Waals surface area contributed by atoms with Crippen molar-refractivity contribution in [1.29, 1.82) is 0 Å².